The minimum absolute atomic E-state index is 0.110. The third-order valence-corrected chi connectivity index (χ3v) is 7.55. The Labute approximate surface area is 173 Å². The summed E-state index contributed by atoms with van der Waals surface area (Å²) in [6.45, 7) is 0.439. The molecule has 0 spiro atoms. The molecule has 0 bridgehead atoms. The Hall–Kier alpha value is -0.160. The van der Waals surface area contributed by atoms with Gasteiger partial charge in [-0.1, -0.05) is 77.0 Å². The van der Waals surface area contributed by atoms with E-state index in [1.54, 1.807) is 0 Å². The molecule has 0 aromatic heterocycles. The van der Waals surface area contributed by atoms with E-state index in [-0.39, 0.29) is 37.3 Å². The van der Waals surface area contributed by atoms with Crippen molar-refractivity contribution in [2.45, 2.75) is 116 Å². The molecule has 1 aliphatic carbocycles. The van der Waals surface area contributed by atoms with E-state index < -0.39 is 0 Å². The van der Waals surface area contributed by atoms with Crippen LogP contribution in [-0.2, 0) is 0 Å². The Kier molecular flexibility index (Phi) is 14.5. The van der Waals surface area contributed by atoms with Gasteiger partial charge >= 0.3 is 0 Å². The first-order valence-corrected chi connectivity index (χ1v) is 12.1. The SMILES string of the molecule is OCCC1(CCO)CCCCCCCCCCCCCCC1(CCO)CCO. The van der Waals surface area contributed by atoms with Crippen molar-refractivity contribution in [1.29, 1.82) is 0 Å². The molecule has 0 heterocycles. The zero-order valence-electron chi connectivity index (χ0n) is 18.3. The number of rotatable bonds is 8. The number of hydrogen-bond acceptors (Lipinski definition) is 4. The van der Waals surface area contributed by atoms with Crippen LogP contribution >= 0.6 is 0 Å². The van der Waals surface area contributed by atoms with E-state index in [1.807, 2.05) is 0 Å². The molecular weight excluding hydrogens is 352 g/mol. The maximum atomic E-state index is 9.91. The zero-order valence-corrected chi connectivity index (χ0v) is 18.3. The average molecular weight is 401 g/mol. The van der Waals surface area contributed by atoms with Crippen molar-refractivity contribution in [3.63, 3.8) is 0 Å². The van der Waals surface area contributed by atoms with Gasteiger partial charge in [0.05, 0.1) is 0 Å². The molecule has 1 rings (SSSR count). The predicted molar refractivity (Wildman–Crippen MR) is 116 cm³/mol. The van der Waals surface area contributed by atoms with Crippen LogP contribution in [0.4, 0.5) is 0 Å². The predicted octanol–water partition coefficient (Wildman–Crippen LogP) is 4.96. The minimum atomic E-state index is -0.195. The highest BCUT2D eigenvalue weighted by Gasteiger charge is 2.48. The van der Waals surface area contributed by atoms with Crippen LogP contribution in [0.15, 0.2) is 0 Å². The van der Waals surface area contributed by atoms with Crippen molar-refractivity contribution >= 4 is 0 Å². The molecule has 4 heteroatoms. The fourth-order valence-electron chi connectivity index (χ4n) is 5.89. The molecule has 28 heavy (non-hydrogen) atoms. The van der Waals surface area contributed by atoms with Crippen molar-refractivity contribution in [2.24, 2.45) is 10.8 Å². The molecular formula is C24H48O4. The molecule has 0 atom stereocenters. The molecule has 0 aromatic rings. The van der Waals surface area contributed by atoms with Gasteiger partial charge in [-0.2, -0.15) is 0 Å². The van der Waals surface area contributed by atoms with Gasteiger partial charge in [-0.25, -0.2) is 0 Å². The van der Waals surface area contributed by atoms with Crippen molar-refractivity contribution in [3.8, 4) is 0 Å². The van der Waals surface area contributed by atoms with Gasteiger partial charge in [0.2, 0.25) is 0 Å². The first-order valence-electron chi connectivity index (χ1n) is 12.1. The van der Waals surface area contributed by atoms with Crippen LogP contribution in [0.25, 0.3) is 0 Å². The Bertz CT molecular complexity index is 313. The fraction of sp³-hybridized carbons (Fsp3) is 1.00. The maximum absolute atomic E-state index is 9.91. The lowest BCUT2D eigenvalue weighted by molar-refractivity contribution is -0.0601. The van der Waals surface area contributed by atoms with Gasteiger partial charge in [0, 0.05) is 26.4 Å². The number of hydrogen-bond donors (Lipinski definition) is 4. The highest BCUT2D eigenvalue weighted by atomic mass is 16.3. The summed E-state index contributed by atoms with van der Waals surface area (Å²) in [4.78, 5) is 0. The largest absolute Gasteiger partial charge is 0.396 e. The smallest absolute Gasteiger partial charge is 0.0436 e. The summed E-state index contributed by atoms with van der Waals surface area (Å²) in [5.41, 5.74) is -0.391. The van der Waals surface area contributed by atoms with Crippen LogP contribution in [0.1, 0.15) is 116 Å². The molecule has 1 aliphatic rings. The van der Waals surface area contributed by atoms with E-state index in [9.17, 15) is 20.4 Å². The fourth-order valence-corrected chi connectivity index (χ4v) is 5.89. The van der Waals surface area contributed by atoms with Crippen molar-refractivity contribution in [3.05, 3.63) is 0 Å². The summed E-state index contributed by atoms with van der Waals surface area (Å²) < 4.78 is 0. The van der Waals surface area contributed by atoms with Crippen LogP contribution in [0.3, 0.4) is 0 Å². The Balaban J connectivity index is 3.06. The minimum Gasteiger partial charge on any atom is -0.396 e. The average Bonchev–Trinajstić information content (AvgIpc) is 2.67. The van der Waals surface area contributed by atoms with Crippen LogP contribution < -0.4 is 0 Å². The standard InChI is InChI=1S/C24H48O4/c25-19-15-23(16-20-26)13-11-9-7-5-3-1-2-4-6-8-10-12-14-24(23,17-21-27)18-22-28/h25-28H,1-22H2. The first kappa shape index (κ1) is 25.9. The van der Waals surface area contributed by atoms with Crippen molar-refractivity contribution < 1.29 is 20.4 Å². The van der Waals surface area contributed by atoms with Gasteiger partial charge < -0.3 is 20.4 Å². The maximum Gasteiger partial charge on any atom is 0.0436 e. The zero-order chi connectivity index (χ0) is 20.6. The molecule has 0 amide bonds. The van der Waals surface area contributed by atoms with Gasteiger partial charge in [-0.15, -0.1) is 0 Å². The Morgan fingerprint density at radius 2 is 0.571 bits per heavy atom. The van der Waals surface area contributed by atoms with Gasteiger partial charge in [-0.3, -0.25) is 0 Å². The molecule has 4 nitrogen and oxygen atoms in total. The molecule has 168 valence electrons. The molecule has 1 fully saturated rings. The van der Waals surface area contributed by atoms with E-state index >= 15 is 0 Å². The van der Waals surface area contributed by atoms with Crippen molar-refractivity contribution in [2.75, 3.05) is 26.4 Å². The van der Waals surface area contributed by atoms with E-state index in [0.717, 1.165) is 25.7 Å². The van der Waals surface area contributed by atoms with Gasteiger partial charge in [0.1, 0.15) is 0 Å². The van der Waals surface area contributed by atoms with E-state index in [2.05, 4.69) is 0 Å². The van der Waals surface area contributed by atoms with E-state index in [1.165, 1.54) is 64.2 Å². The summed E-state index contributed by atoms with van der Waals surface area (Å²) >= 11 is 0. The second kappa shape index (κ2) is 15.6. The third-order valence-electron chi connectivity index (χ3n) is 7.55. The van der Waals surface area contributed by atoms with Gasteiger partial charge in [0.25, 0.3) is 0 Å². The highest BCUT2D eigenvalue weighted by molar-refractivity contribution is 4.98. The quantitative estimate of drug-likeness (QED) is 0.464. The lowest BCUT2D eigenvalue weighted by Crippen LogP contribution is -2.45. The molecule has 1 saturated carbocycles. The lowest BCUT2D eigenvalue weighted by atomic mass is 9.53. The summed E-state index contributed by atoms with van der Waals surface area (Å²) in [5, 5.41) is 39.6. The molecule has 0 saturated heterocycles. The van der Waals surface area contributed by atoms with E-state index in [0.29, 0.717) is 25.7 Å². The normalized spacial score (nSPS) is 22.7. The van der Waals surface area contributed by atoms with Gasteiger partial charge in [0.15, 0.2) is 0 Å². The molecule has 0 aromatic carbocycles. The Morgan fingerprint density at radius 3 is 0.786 bits per heavy atom. The second-order valence-corrected chi connectivity index (χ2v) is 9.20. The second-order valence-electron chi connectivity index (χ2n) is 9.20. The van der Waals surface area contributed by atoms with Crippen LogP contribution in [-0.4, -0.2) is 46.9 Å². The topological polar surface area (TPSA) is 80.9 Å². The number of aliphatic hydroxyl groups excluding tert-OH is 4. The number of aliphatic hydroxyl groups is 4. The van der Waals surface area contributed by atoms with Crippen LogP contribution in [0.2, 0.25) is 0 Å². The Morgan fingerprint density at radius 1 is 0.357 bits per heavy atom. The van der Waals surface area contributed by atoms with E-state index in [4.69, 9.17) is 0 Å². The monoisotopic (exact) mass is 400 g/mol. The summed E-state index contributed by atoms with van der Waals surface area (Å²) in [6.07, 6.45) is 19.8. The first-order chi connectivity index (χ1) is 13.7. The molecule has 4 N–H and O–H groups in total. The molecule has 0 unspecified atom stereocenters. The third kappa shape index (κ3) is 8.30. The van der Waals surface area contributed by atoms with Crippen molar-refractivity contribution in [1.82, 2.24) is 0 Å². The summed E-state index contributed by atoms with van der Waals surface area (Å²) in [7, 11) is 0. The summed E-state index contributed by atoms with van der Waals surface area (Å²) in [5.74, 6) is 0. The summed E-state index contributed by atoms with van der Waals surface area (Å²) in [6, 6.07) is 0. The molecule has 0 aliphatic heterocycles. The lowest BCUT2D eigenvalue weighted by Gasteiger charge is -2.52. The van der Waals surface area contributed by atoms with Gasteiger partial charge in [-0.05, 0) is 49.4 Å². The van der Waals surface area contributed by atoms with Crippen LogP contribution in [0.5, 0.6) is 0 Å². The van der Waals surface area contributed by atoms with Crippen LogP contribution in [0, 0.1) is 10.8 Å². The highest BCUT2D eigenvalue weighted by Crippen LogP contribution is 2.56. The molecule has 0 radical (unpaired) electrons.